The fraction of sp³-hybridized carbons (Fsp3) is 0.222. The van der Waals surface area contributed by atoms with E-state index < -0.39 is 5.91 Å². The van der Waals surface area contributed by atoms with Crippen LogP contribution in [-0.2, 0) is 4.79 Å². The quantitative estimate of drug-likeness (QED) is 0.836. The molecule has 0 fully saturated rings. The topological polar surface area (TPSA) is 67.4 Å². The Morgan fingerprint density at radius 1 is 1.00 bits per heavy atom. The number of ether oxygens (including phenoxy) is 1. The van der Waals surface area contributed by atoms with Gasteiger partial charge in [-0.1, -0.05) is 29.3 Å². The Labute approximate surface area is 145 Å². The second kappa shape index (κ2) is 7.84. The van der Waals surface area contributed by atoms with Gasteiger partial charge in [0.15, 0.2) is 6.61 Å². The molecule has 0 unspecified atom stereocenters. The van der Waals surface area contributed by atoms with Gasteiger partial charge in [-0.15, -0.1) is 0 Å². The van der Waals surface area contributed by atoms with E-state index in [0.717, 1.165) is 16.7 Å². The van der Waals surface area contributed by atoms with Crippen molar-refractivity contribution >= 4 is 23.4 Å². The first-order valence-corrected chi connectivity index (χ1v) is 7.80. The molecular weight excluding hydrogens is 328 g/mol. The van der Waals surface area contributed by atoms with Crippen molar-refractivity contribution < 1.29 is 14.3 Å². The molecular formula is C18H19ClN2O3. The van der Waals surface area contributed by atoms with Gasteiger partial charge >= 0.3 is 0 Å². The van der Waals surface area contributed by atoms with Gasteiger partial charge in [-0.25, -0.2) is 0 Å². The lowest BCUT2D eigenvalue weighted by Crippen LogP contribution is -2.43. The van der Waals surface area contributed by atoms with Gasteiger partial charge in [-0.3, -0.25) is 20.4 Å². The minimum atomic E-state index is -0.454. The zero-order valence-corrected chi connectivity index (χ0v) is 14.5. The average Bonchev–Trinajstić information content (AvgIpc) is 2.52. The first kappa shape index (κ1) is 17.8. The van der Waals surface area contributed by atoms with E-state index >= 15 is 0 Å². The molecule has 2 amide bonds. The number of hydrogen-bond donors (Lipinski definition) is 2. The van der Waals surface area contributed by atoms with Crippen LogP contribution in [0.25, 0.3) is 0 Å². The van der Waals surface area contributed by atoms with Crippen LogP contribution >= 0.6 is 11.6 Å². The molecule has 126 valence electrons. The number of rotatable bonds is 4. The SMILES string of the molecule is Cc1ccc(C(=O)NNC(=O)COc2c(C)cc(Cl)cc2C)cc1. The molecule has 6 heteroatoms. The summed E-state index contributed by atoms with van der Waals surface area (Å²) in [6.07, 6.45) is 0. The maximum atomic E-state index is 11.9. The normalized spacial score (nSPS) is 10.2. The highest BCUT2D eigenvalue weighted by molar-refractivity contribution is 6.30. The molecule has 0 aliphatic carbocycles. The smallest absolute Gasteiger partial charge is 0.276 e. The lowest BCUT2D eigenvalue weighted by atomic mass is 10.1. The Hall–Kier alpha value is -2.53. The Balaban J connectivity index is 1.86. The van der Waals surface area contributed by atoms with Crippen molar-refractivity contribution in [1.29, 1.82) is 0 Å². The predicted octanol–water partition coefficient (Wildman–Crippen LogP) is 3.11. The van der Waals surface area contributed by atoms with Crippen molar-refractivity contribution in [2.24, 2.45) is 0 Å². The van der Waals surface area contributed by atoms with Crippen LogP contribution in [0.1, 0.15) is 27.0 Å². The van der Waals surface area contributed by atoms with Crippen LogP contribution in [0.3, 0.4) is 0 Å². The summed E-state index contributed by atoms with van der Waals surface area (Å²) in [7, 11) is 0. The van der Waals surface area contributed by atoms with Crippen LogP contribution in [0, 0.1) is 20.8 Å². The Morgan fingerprint density at radius 3 is 2.17 bits per heavy atom. The molecule has 2 aromatic carbocycles. The highest BCUT2D eigenvalue weighted by atomic mass is 35.5. The minimum absolute atomic E-state index is 0.211. The largest absolute Gasteiger partial charge is 0.483 e. The minimum Gasteiger partial charge on any atom is -0.483 e. The van der Waals surface area contributed by atoms with Gasteiger partial charge in [0.05, 0.1) is 0 Å². The highest BCUT2D eigenvalue weighted by Crippen LogP contribution is 2.26. The zero-order chi connectivity index (χ0) is 17.7. The predicted molar refractivity (Wildman–Crippen MR) is 93.2 cm³/mol. The Bertz CT molecular complexity index is 734. The first-order valence-electron chi connectivity index (χ1n) is 7.42. The summed E-state index contributed by atoms with van der Waals surface area (Å²) < 4.78 is 5.52. The lowest BCUT2D eigenvalue weighted by molar-refractivity contribution is -0.123. The van der Waals surface area contributed by atoms with Crippen LogP contribution in [-0.4, -0.2) is 18.4 Å². The maximum absolute atomic E-state index is 11.9. The molecule has 5 nitrogen and oxygen atoms in total. The maximum Gasteiger partial charge on any atom is 0.276 e. The molecule has 0 atom stereocenters. The number of benzene rings is 2. The van der Waals surface area contributed by atoms with E-state index in [4.69, 9.17) is 16.3 Å². The number of amides is 2. The zero-order valence-electron chi connectivity index (χ0n) is 13.8. The molecule has 0 radical (unpaired) electrons. The van der Waals surface area contributed by atoms with Gasteiger partial charge in [0, 0.05) is 10.6 Å². The summed E-state index contributed by atoms with van der Waals surface area (Å²) in [6, 6.07) is 10.6. The lowest BCUT2D eigenvalue weighted by Gasteiger charge is -2.13. The number of nitrogens with one attached hydrogen (secondary N) is 2. The van der Waals surface area contributed by atoms with Gasteiger partial charge in [0.25, 0.3) is 11.8 Å². The number of hydrazine groups is 1. The van der Waals surface area contributed by atoms with Crippen LogP contribution in [0.5, 0.6) is 5.75 Å². The molecule has 0 aliphatic heterocycles. The molecule has 0 bridgehead atoms. The molecule has 0 aliphatic rings. The van der Waals surface area contributed by atoms with Gasteiger partial charge in [-0.2, -0.15) is 0 Å². The molecule has 0 heterocycles. The molecule has 0 saturated heterocycles. The van der Waals surface area contributed by atoms with Gasteiger partial charge in [-0.05, 0) is 56.2 Å². The molecule has 24 heavy (non-hydrogen) atoms. The van der Waals surface area contributed by atoms with Crippen LogP contribution in [0.4, 0.5) is 0 Å². The van der Waals surface area contributed by atoms with Crippen molar-refractivity contribution in [2.75, 3.05) is 6.61 Å². The van der Waals surface area contributed by atoms with Gasteiger partial charge < -0.3 is 4.74 Å². The summed E-state index contributed by atoms with van der Waals surface area (Å²) in [4.78, 5) is 23.7. The first-order chi connectivity index (χ1) is 11.4. The third-order valence-corrected chi connectivity index (χ3v) is 3.62. The van der Waals surface area contributed by atoms with Crippen molar-refractivity contribution in [2.45, 2.75) is 20.8 Å². The van der Waals surface area contributed by atoms with Crippen molar-refractivity contribution in [3.8, 4) is 5.75 Å². The Kier molecular flexibility index (Phi) is 5.82. The van der Waals surface area contributed by atoms with Gasteiger partial charge in [0.2, 0.25) is 0 Å². The van der Waals surface area contributed by atoms with E-state index in [2.05, 4.69) is 10.9 Å². The van der Waals surface area contributed by atoms with E-state index in [1.54, 1.807) is 24.3 Å². The van der Waals surface area contributed by atoms with E-state index in [0.29, 0.717) is 16.3 Å². The van der Waals surface area contributed by atoms with Crippen molar-refractivity contribution in [1.82, 2.24) is 10.9 Å². The van der Waals surface area contributed by atoms with Crippen LogP contribution in [0.15, 0.2) is 36.4 Å². The monoisotopic (exact) mass is 346 g/mol. The van der Waals surface area contributed by atoms with E-state index in [1.807, 2.05) is 32.9 Å². The third-order valence-electron chi connectivity index (χ3n) is 3.40. The highest BCUT2D eigenvalue weighted by Gasteiger charge is 2.10. The van der Waals surface area contributed by atoms with E-state index in [9.17, 15) is 9.59 Å². The summed E-state index contributed by atoms with van der Waals surface area (Å²) in [5, 5.41) is 0.618. The molecule has 0 aromatic heterocycles. The number of aryl methyl sites for hydroxylation is 3. The third kappa shape index (κ3) is 4.73. The van der Waals surface area contributed by atoms with Gasteiger partial charge in [0.1, 0.15) is 5.75 Å². The second-order valence-electron chi connectivity index (χ2n) is 5.53. The molecule has 2 N–H and O–H groups in total. The van der Waals surface area contributed by atoms with E-state index in [-0.39, 0.29) is 12.5 Å². The number of carbonyl (C=O) groups excluding carboxylic acids is 2. The molecule has 0 saturated carbocycles. The fourth-order valence-electron chi connectivity index (χ4n) is 2.20. The molecule has 2 rings (SSSR count). The number of carbonyl (C=O) groups is 2. The average molecular weight is 347 g/mol. The Morgan fingerprint density at radius 2 is 1.58 bits per heavy atom. The van der Waals surface area contributed by atoms with Crippen molar-refractivity contribution in [3.05, 3.63) is 63.7 Å². The summed E-state index contributed by atoms with van der Waals surface area (Å²) in [6.45, 7) is 5.43. The van der Waals surface area contributed by atoms with Crippen LogP contribution < -0.4 is 15.6 Å². The number of hydrogen-bond acceptors (Lipinski definition) is 3. The summed E-state index contributed by atoms with van der Waals surface area (Å²) >= 11 is 5.96. The summed E-state index contributed by atoms with van der Waals surface area (Å²) in [5.74, 6) is -0.231. The van der Waals surface area contributed by atoms with Crippen LogP contribution in [0.2, 0.25) is 5.02 Å². The fourth-order valence-corrected chi connectivity index (χ4v) is 2.53. The standard InChI is InChI=1S/C18H19ClN2O3/c1-11-4-6-14(7-5-11)18(23)21-20-16(22)10-24-17-12(2)8-15(19)9-13(17)3/h4-9H,10H2,1-3H3,(H,20,22)(H,21,23). The number of halogens is 1. The molecule has 0 spiro atoms. The second-order valence-corrected chi connectivity index (χ2v) is 5.96. The summed E-state index contributed by atoms with van der Waals surface area (Å²) in [5.41, 5.74) is 7.89. The van der Waals surface area contributed by atoms with Crippen molar-refractivity contribution in [3.63, 3.8) is 0 Å². The van der Waals surface area contributed by atoms with E-state index in [1.165, 1.54) is 0 Å². The molecule has 2 aromatic rings.